The minimum atomic E-state index is -0.126. The Morgan fingerprint density at radius 2 is 1.88 bits per heavy atom. The van der Waals surface area contributed by atoms with Gasteiger partial charge in [0.2, 0.25) is 5.91 Å². The number of unbranched alkanes of at least 4 members (excludes halogenated alkanes) is 2. The molecule has 0 aliphatic carbocycles. The molecule has 2 N–H and O–H groups in total. The molecule has 1 aliphatic rings. The van der Waals surface area contributed by atoms with Gasteiger partial charge in [-0.2, -0.15) is 0 Å². The Kier molecular flexibility index (Phi) is 5.49. The van der Waals surface area contributed by atoms with Gasteiger partial charge in [-0.15, -0.1) is 0 Å². The average molecular weight is 336 g/mol. The second-order valence-electron chi connectivity index (χ2n) is 6.53. The molecule has 2 aromatic rings. The predicted molar refractivity (Wildman–Crippen MR) is 101 cm³/mol. The highest BCUT2D eigenvalue weighted by Gasteiger charge is 2.16. The van der Waals surface area contributed by atoms with Gasteiger partial charge in [-0.1, -0.05) is 31.9 Å². The third kappa shape index (κ3) is 4.47. The Balaban J connectivity index is 1.63. The lowest BCUT2D eigenvalue weighted by Crippen LogP contribution is -2.20. The number of carbonyl (C=O) groups is 2. The predicted octanol–water partition coefficient (Wildman–Crippen LogP) is 4.56. The lowest BCUT2D eigenvalue weighted by atomic mass is 10.00. The number of hydrogen-bond acceptors (Lipinski definition) is 2. The van der Waals surface area contributed by atoms with Gasteiger partial charge in [-0.25, -0.2) is 0 Å². The van der Waals surface area contributed by atoms with Gasteiger partial charge in [0, 0.05) is 23.4 Å². The fraction of sp³-hybridized carbons (Fsp3) is 0.333. The molecule has 0 saturated heterocycles. The minimum absolute atomic E-state index is 0.0312. The highest BCUT2D eigenvalue weighted by atomic mass is 16.2. The summed E-state index contributed by atoms with van der Waals surface area (Å²) < 4.78 is 0. The molecule has 0 bridgehead atoms. The van der Waals surface area contributed by atoms with Crippen molar-refractivity contribution in [2.45, 2.75) is 45.4 Å². The van der Waals surface area contributed by atoms with E-state index < -0.39 is 0 Å². The van der Waals surface area contributed by atoms with E-state index >= 15 is 0 Å². The topological polar surface area (TPSA) is 58.2 Å². The zero-order valence-corrected chi connectivity index (χ0v) is 14.6. The van der Waals surface area contributed by atoms with Crippen LogP contribution < -0.4 is 10.6 Å². The zero-order valence-electron chi connectivity index (χ0n) is 14.6. The number of fused-ring (bicyclic) bond motifs is 1. The van der Waals surface area contributed by atoms with Crippen molar-refractivity contribution in [3.8, 4) is 0 Å². The SMILES string of the molecule is CCCCCc1ccc(NC(=O)c2ccc3c(c2)CCC(=O)N3)cc1. The van der Waals surface area contributed by atoms with Crippen LogP contribution in [0.15, 0.2) is 42.5 Å². The molecule has 0 spiro atoms. The summed E-state index contributed by atoms with van der Waals surface area (Å²) in [6, 6.07) is 13.5. The maximum atomic E-state index is 12.5. The number of aryl methyl sites for hydroxylation is 2. The molecular formula is C21H24N2O2. The fourth-order valence-corrected chi connectivity index (χ4v) is 3.06. The van der Waals surface area contributed by atoms with Gasteiger partial charge in [-0.05, 0) is 60.7 Å². The Morgan fingerprint density at radius 1 is 1.08 bits per heavy atom. The normalized spacial score (nSPS) is 13.1. The number of amides is 2. The Labute approximate surface area is 148 Å². The number of carbonyl (C=O) groups excluding carboxylic acids is 2. The highest BCUT2D eigenvalue weighted by Crippen LogP contribution is 2.24. The van der Waals surface area contributed by atoms with Crippen molar-refractivity contribution in [1.29, 1.82) is 0 Å². The molecule has 0 radical (unpaired) electrons. The van der Waals surface area contributed by atoms with E-state index in [1.54, 1.807) is 12.1 Å². The second kappa shape index (κ2) is 7.97. The number of benzene rings is 2. The van der Waals surface area contributed by atoms with Crippen LogP contribution in [0.2, 0.25) is 0 Å². The number of rotatable bonds is 6. The smallest absolute Gasteiger partial charge is 0.255 e. The van der Waals surface area contributed by atoms with Gasteiger partial charge in [0.1, 0.15) is 0 Å². The number of anilines is 2. The molecule has 2 amide bonds. The molecule has 4 nitrogen and oxygen atoms in total. The van der Waals surface area contributed by atoms with Crippen molar-refractivity contribution in [2.75, 3.05) is 10.6 Å². The third-order valence-corrected chi connectivity index (χ3v) is 4.54. The fourth-order valence-electron chi connectivity index (χ4n) is 3.06. The highest BCUT2D eigenvalue weighted by molar-refractivity contribution is 6.05. The van der Waals surface area contributed by atoms with E-state index in [1.807, 2.05) is 18.2 Å². The zero-order chi connectivity index (χ0) is 17.6. The summed E-state index contributed by atoms with van der Waals surface area (Å²) in [6.07, 6.45) is 5.90. The lowest BCUT2D eigenvalue weighted by Gasteiger charge is -2.17. The van der Waals surface area contributed by atoms with Gasteiger partial charge < -0.3 is 10.6 Å². The van der Waals surface area contributed by atoms with Crippen LogP contribution in [0.5, 0.6) is 0 Å². The number of hydrogen-bond donors (Lipinski definition) is 2. The maximum Gasteiger partial charge on any atom is 0.255 e. The molecule has 0 atom stereocenters. The van der Waals surface area contributed by atoms with Crippen molar-refractivity contribution in [3.05, 3.63) is 59.2 Å². The van der Waals surface area contributed by atoms with Crippen LogP contribution in [0.25, 0.3) is 0 Å². The Bertz CT molecular complexity index is 766. The number of nitrogens with one attached hydrogen (secondary N) is 2. The van der Waals surface area contributed by atoms with Gasteiger partial charge in [-0.3, -0.25) is 9.59 Å². The van der Waals surface area contributed by atoms with Gasteiger partial charge >= 0.3 is 0 Å². The van der Waals surface area contributed by atoms with E-state index in [4.69, 9.17) is 0 Å². The first kappa shape index (κ1) is 17.2. The third-order valence-electron chi connectivity index (χ3n) is 4.54. The van der Waals surface area contributed by atoms with Crippen LogP contribution >= 0.6 is 0 Å². The molecule has 0 unspecified atom stereocenters. The molecule has 0 fully saturated rings. The average Bonchev–Trinajstić information content (AvgIpc) is 2.63. The van der Waals surface area contributed by atoms with Crippen molar-refractivity contribution in [1.82, 2.24) is 0 Å². The summed E-state index contributed by atoms with van der Waals surface area (Å²) in [5.74, 6) is -0.0952. The van der Waals surface area contributed by atoms with Crippen LogP contribution in [-0.4, -0.2) is 11.8 Å². The Morgan fingerprint density at radius 3 is 2.64 bits per heavy atom. The van der Waals surface area contributed by atoms with E-state index in [1.165, 1.54) is 24.8 Å². The molecule has 0 saturated carbocycles. The van der Waals surface area contributed by atoms with E-state index in [9.17, 15) is 9.59 Å². The van der Waals surface area contributed by atoms with E-state index in [0.29, 0.717) is 18.4 Å². The minimum Gasteiger partial charge on any atom is -0.326 e. The second-order valence-corrected chi connectivity index (χ2v) is 6.53. The van der Waals surface area contributed by atoms with Crippen LogP contribution in [-0.2, 0) is 17.6 Å². The van der Waals surface area contributed by atoms with Crippen LogP contribution in [0.1, 0.15) is 54.1 Å². The van der Waals surface area contributed by atoms with E-state index in [2.05, 4.69) is 29.7 Å². The molecule has 1 aliphatic heterocycles. The first-order valence-corrected chi connectivity index (χ1v) is 8.99. The summed E-state index contributed by atoms with van der Waals surface area (Å²) in [4.78, 5) is 23.9. The van der Waals surface area contributed by atoms with Crippen LogP contribution in [0.4, 0.5) is 11.4 Å². The van der Waals surface area contributed by atoms with E-state index in [-0.39, 0.29) is 11.8 Å². The van der Waals surface area contributed by atoms with Crippen molar-refractivity contribution in [3.63, 3.8) is 0 Å². The molecular weight excluding hydrogens is 312 g/mol. The van der Waals surface area contributed by atoms with Crippen LogP contribution in [0, 0.1) is 0 Å². The maximum absolute atomic E-state index is 12.5. The first-order chi connectivity index (χ1) is 12.2. The van der Waals surface area contributed by atoms with Crippen molar-refractivity contribution >= 4 is 23.2 Å². The Hall–Kier alpha value is -2.62. The summed E-state index contributed by atoms with van der Waals surface area (Å²) >= 11 is 0. The van der Waals surface area contributed by atoms with Crippen LogP contribution in [0.3, 0.4) is 0 Å². The molecule has 2 aromatic carbocycles. The molecule has 3 rings (SSSR count). The molecule has 1 heterocycles. The monoisotopic (exact) mass is 336 g/mol. The standard InChI is InChI=1S/C21H24N2O2/c1-2-3-4-5-15-6-10-18(11-7-15)22-21(25)17-8-12-19-16(14-17)9-13-20(24)23-19/h6-8,10-12,14H,2-5,9,13H2,1H3,(H,22,25)(H,23,24). The summed E-state index contributed by atoms with van der Waals surface area (Å²) in [6.45, 7) is 2.20. The van der Waals surface area contributed by atoms with E-state index in [0.717, 1.165) is 23.4 Å². The summed E-state index contributed by atoms with van der Waals surface area (Å²) in [5, 5.41) is 5.77. The van der Waals surface area contributed by atoms with Gasteiger partial charge in [0.15, 0.2) is 0 Å². The van der Waals surface area contributed by atoms with Crippen molar-refractivity contribution < 1.29 is 9.59 Å². The summed E-state index contributed by atoms with van der Waals surface area (Å²) in [5.41, 5.74) is 4.54. The molecule has 130 valence electrons. The van der Waals surface area contributed by atoms with Gasteiger partial charge in [0.25, 0.3) is 5.91 Å². The molecule has 25 heavy (non-hydrogen) atoms. The van der Waals surface area contributed by atoms with Crippen molar-refractivity contribution in [2.24, 2.45) is 0 Å². The summed E-state index contributed by atoms with van der Waals surface area (Å²) in [7, 11) is 0. The first-order valence-electron chi connectivity index (χ1n) is 8.99. The quantitative estimate of drug-likeness (QED) is 0.760. The lowest BCUT2D eigenvalue weighted by molar-refractivity contribution is -0.116. The van der Waals surface area contributed by atoms with Gasteiger partial charge in [0.05, 0.1) is 0 Å². The molecule has 0 aromatic heterocycles. The molecule has 4 heteroatoms. The largest absolute Gasteiger partial charge is 0.326 e.